The maximum Gasteiger partial charge on any atom is 0.322 e. The zero-order valence-electron chi connectivity index (χ0n) is 12.4. The Morgan fingerprint density at radius 3 is 2.35 bits per heavy atom. The SMILES string of the molecule is O=C1CC(N2CC3CN(c4ncc(Cl)cn4)CC3C2)NC(=O)N1. The maximum absolute atomic E-state index is 11.5. The Hall–Kier alpha value is -1.93. The molecule has 0 radical (unpaired) electrons. The molecule has 4 heterocycles. The Balaban J connectivity index is 1.39. The van der Waals surface area contributed by atoms with E-state index in [0.717, 1.165) is 26.2 Å². The summed E-state index contributed by atoms with van der Waals surface area (Å²) in [5.74, 6) is 1.49. The topological polar surface area (TPSA) is 90.5 Å². The van der Waals surface area contributed by atoms with Crippen LogP contribution in [0.2, 0.25) is 5.02 Å². The molecule has 0 spiro atoms. The lowest BCUT2D eigenvalue weighted by Gasteiger charge is -2.32. The van der Waals surface area contributed by atoms with E-state index in [1.807, 2.05) is 0 Å². The van der Waals surface area contributed by atoms with E-state index < -0.39 is 6.03 Å². The summed E-state index contributed by atoms with van der Waals surface area (Å²) in [4.78, 5) is 35.9. The van der Waals surface area contributed by atoms with Gasteiger partial charge in [-0.3, -0.25) is 15.0 Å². The van der Waals surface area contributed by atoms with E-state index in [-0.39, 0.29) is 12.1 Å². The van der Waals surface area contributed by atoms with Crippen LogP contribution in [0, 0.1) is 11.8 Å². The summed E-state index contributed by atoms with van der Waals surface area (Å²) < 4.78 is 0. The molecule has 3 aliphatic heterocycles. The van der Waals surface area contributed by atoms with Gasteiger partial charge in [0, 0.05) is 26.2 Å². The van der Waals surface area contributed by atoms with Gasteiger partial charge in [0.1, 0.15) is 0 Å². The van der Waals surface area contributed by atoms with E-state index >= 15 is 0 Å². The van der Waals surface area contributed by atoms with Gasteiger partial charge in [0.25, 0.3) is 0 Å². The third kappa shape index (κ3) is 2.84. The molecule has 3 amide bonds. The number of carbonyl (C=O) groups is 2. The fourth-order valence-electron chi connectivity index (χ4n) is 3.73. The van der Waals surface area contributed by atoms with Crippen molar-refractivity contribution < 1.29 is 9.59 Å². The van der Waals surface area contributed by atoms with Crippen LogP contribution in [-0.4, -0.2) is 59.2 Å². The van der Waals surface area contributed by atoms with E-state index in [4.69, 9.17) is 11.6 Å². The molecule has 0 saturated carbocycles. The lowest BCUT2D eigenvalue weighted by Crippen LogP contribution is -2.58. The first-order valence-corrected chi connectivity index (χ1v) is 8.03. The Morgan fingerprint density at radius 2 is 1.74 bits per heavy atom. The fraction of sp³-hybridized carbons (Fsp3) is 0.571. The lowest BCUT2D eigenvalue weighted by atomic mass is 10.0. The van der Waals surface area contributed by atoms with E-state index in [1.54, 1.807) is 12.4 Å². The summed E-state index contributed by atoms with van der Waals surface area (Å²) >= 11 is 5.83. The number of nitrogens with one attached hydrogen (secondary N) is 2. The minimum absolute atomic E-state index is 0.193. The average molecular weight is 337 g/mol. The molecule has 4 rings (SSSR count). The van der Waals surface area contributed by atoms with Crippen LogP contribution in [-0.2, 0) is 4.79 Å². The molecule has 122 valence electrons. The predicted octanol–water partition coefficient (Wildman–Crippen LogP) is 0.0536. The summed E-state index contributed by atoms with van der Waals surface area (Å²) in [6.45, 7) is 3.51. The zero-order chi connectivity index (χ0) is 16.0. The van der Waals surface area contributed by atoms with Gasteiger partial charge in [-0.1, -0.05) is 11.6 Å². The monoisotopic (exact) mass is 336 g/mol. The summed E-state index contributed by atoms with van der Waals surface area (Å²) in [7, 11) is 0. The number of aromatic nitrogens is 2. The van der Waals surface area contributed by atoms with Crippen LogP contribution in [0.4, 0.5) is 10.7 Å². The second-order valence-electron chi connectivity index (χ2n) is 6.32. The van der Waals surface area contributed by atoms with Crippen molar-refractivity contribution >= 4 is 29.5 Å². The highest BCUT2D eigenvalue weighted by Gasteiger charge is 2.44. The van der Waals surface area contributed by atoms with Gasteiger partial charge in [0.2, 0.25) is 11.9 Å². The normalized spacial score (nSPS) is 31.0. The molecule has 8 nitrogen and oxygen atoms in total. The van der Waals surface area contributed by atoms with Gasteiger partial charge >= 0.3 is 6.03 Å². The number of nitrogens with zero attached hydrogens (tertiary/aromatic N) is 4. The van der Waals surface area contributed by atoms with Gasteiger partial charge in [-0.15, -0.1) is 0 Å². The number of hydrogen-bond acceptors (Lipinski definition) is 6. The third-order valence-corrected chi connectivity index (χ3v) is 4.97. The number of imide groups is 1. The third-order valence-electron chi connectivity index (χ3n) is 4.77. The van der Waals surface area contributed by atoms with Crippen LogP contribution in [0.25, 0.3) is 0 Å². The molecule has 3 fully saturated rings. The number of rotatable bonds is 2. The molecule has 3 atom stereocenters. The number of likely N-dealkylation sites (tertiary alicyclic amines) is 1. The second kappa shape index (κ2) is 5.61. The standard InChI is InChI=1S/C14H17ClN6O2/c15-10-2-16-13(17-3-10)21-6-8-4-20(5-9(8)7-21)11-1-12(22)19-14(23)18-11/h2-3,8-9,11H,1,4-7H2,(H2,18,19,22,23). The van der Waals surface area contributed by atoms with Crippen LogP contribution >= 0.6 is 11.6 Å². The van der Waals surface area contributed by atoms with Gasteiger partial charge in [-0.05, 0) is 11.8 Å². The summed E-state index contributed by atoms with van der Waals surface area (Å²) in [5.41, 5.74) is 0. The number of fused-ring (bicyclic) bond motifs is 1. The molecule has 1 aromatic heterocycles. The van der Waals surface area contributed by atoms with Gasteiger partial charge in [0.15, 0.2) is 0 Å². The van der Waals surface area contributed by atoms with E-state index in [0.29, 0.717) is 29.2 Å². The van der Waals surface area contributed by atoms with Gasteiger partial charge in [-0.2, -0.15) is 0 Å². The molecular weight excluding hydrogens is 320 g/mol. The molecule has 3 saturated heterocycles. The lowest BCUT2D eigenvalue weighted by molar-refractivity contribution is -0.122. The van der Waals surface area contributed by atoms with Crippen LogP contribution in [0.3, 0.4) is 0 Å². The quantitative estimate of drug-likeness (QED) is 0.793. The smallest absolute Gasteiger partial charge is 0.322 e. The Morgan fingerprint density at radius 1 is 1.09 bits per heavy atom. The number of amides is 3. The largest absolute Gasteiger partial charge is 0.340 e. The van der Waals surface area contributed by atoms with Crippen molar-refractivity contribution in [1.29, 1.82) is 0 Å². The van der Waals surface area contributed by atoms with Crippen molar-refractivity contribution in [1.82, 2.24) is 25.5 Å². The molecule has 0 bridgehead atoms. The Bertz CT molecular complexity index is 609. The van der Waals surface area contributed by atoms with E-state index in [9.17, 15) is 9.59 Å². The van der Waals surface area contributed by atoms with E-state index in [1.165, 1.54) is 0 Å². The van der Waals surface area contributed by atoms with Crippen LogP contribution < -0.4 is 15.5 Å². The molecule has 1 aromatic rings. The predicted molar refractivity (Wildman–Crippen MR) is 82.9 cm³/mol. The first-order valence-electron chi connectivity index (χ1n) is 7.65. The highest BCUT2D eigenvalue weighted by atomic mass is 35.5. The number of hydrogen-bond donors (Lipinski definition) is 2. The van der Waals surface area contributed by atoms with Crippen molar-refractivity contribution in [2.24, 2.45) is 11.8 Å². The van der Waals surface area contributed by atoms with E-state index in [2.05, 4.69) is 30.4 Å². The summed E-state index contributed by atoms with van der Waals surface area (Å²) in [5, 5.41) is 5.63. The first kappa shape index (κ1) is 14.6. The average Bonchev–Trinajstić information content (AvgIpc) is 3.05. The minimum Gasteiger partial charge on any atom is -0.340 e. The van der Waals surface area contributed by atoms with Gasteiger partial charge in [0.05, 0.1) is 30.0 Å². The molecule has 0 aromatic carbocycles. The van der Waals surface area contributed by atoms with Crippen molar-refractivity contribution in [3.05, 3.63) is 17.4 Å². The number of anilines is 1. The van der Waals surface area contributed by atoms with Crippen LogP contribution in [0.5, 0.6) is 0 Å². The second-order valence-corrected chi connectivity index (χ2v) is 6.76. The molecule has 2 N–H and O–H groups in total. The highest BCUT2D eigenvalue weighted by Crippen LogP contribution is 2.34. The Kier molecular flexibility index (Phi) is 3.57. The Labute approximate surface area is 138 Å². The minimum atomic E-state index is -0.403. The molecule has 0 aliphatic carbocycles. The summed E-state index contributed by atoms with van der Waals surface area (Å²) in [6.07, 6.45) is 3.35. The van der Waals surface area contributed by atoms with Crippen LogP contribution in [0.1, 0.15) is 6.42 Å². The van der Waals surface area contributed by atoms with Gasteiger partial charge < -0.3 is 10.2 Å². The molecule has 3 unspecified atom stereocenters. The van der Waals surface area contributed by atoms with Crippen molar-refractivity contribution in [2.75, 3.05) is 31.1 Å². The number of halogens is 1. The molecular formula is C14H17ClN6O2. The van der Waals surface area contributed by atoms with Crippen molar-refractivity contribution in [3.8, 4) is 0 Å². The van der Waals surface area contributed by atoms with Crippen molar-refractivity contribution in [2.45, 2.75) is 12.6 Å². The summed E-state index contributed by atoms with van der Waals surface area (Å²) in [6, 6.07) is -0.403. The maximum atomic E-state index is 11.5. The van der Waals surface area contributed by atoms with Gasteiger partial charge in [-0.25, -0.2) is 14.8 Å². The van der Waals surface area contributed by atoms with Crippen LogP contribution in [0.15, 0.2) is 12.4 Å². The first-order chi connectivity index (χ1) is 11.1. The molecule has 3 aliphatic rings. The highest BCUT2D eigenvalue weighted by molar-refractivity contribution is 6.30. The number of carbonyl (C=O) groups excluding carboxylic acids is 2. The molecule has 9 heteroatoms. The zero-order valence-corrected chi connectivity index (χ0v) is 13.2. The molecule has 23 heavy (non-hydrogen) atoms. The number of urea groups is 1. The van der Waals surface area contributed by atoms with Crippen molar-refractivity contribution in [3.63, 3.8) is 0 Å². The fourth-order valence-corrected chi connectivity index (χ4v) is 3.83.